The summed E-state index contributed by atoms with van der Waals surface area (Å²) in [7, 11) is 0. The quantitative estimate of drug-likeness (QED) is 0.802. The molecule has 3 rings (SSSR count). The maximum atomic E-state index is 6.10. The van der Waals surface area contributed by atoms with E-state index in [9.17, 15) is 0 Å². The highest BCUT2D eigenvalue weighted by Gasteiger charge is 2.25. The van der Waals surface area contributed by atoms with Crippen LogP contribution in [0.15, 0.2) is 22.7 Å². The Bertz CT molecular complexity index is 683. The SMILES string of the molecule is CCc1noc(C(C)N2CCN(Cc3ccc(Cl)c(Cl)c3)CC2)n1. The van der Waals surface area contributed by atoms with Gasteiger partial charge in [-0.2, -0.15) is 4.98 Å². The van der Waals surface area contributed by atoms with Gasteiger partial charge >= 0.3 is 0 Å². The monoisotopic (exact) mass is 368 g/mol. The van der Waals surface area contributed by atoms with Crippen molar-refractivity contribution in [2.24, 2.45) is 0 Å². The minimum absolute atomic E-state index is 0.157. The number of rotatable bonds is 5. The molecule has 1 saturated heterocycles. The number of benzene rings is 1. The summed E-state index contributed by atoms with van der Waals surface area (Å²) in [4.78, 5) is 9.26. The van der Waals surface area contributed by atoms with Crippen molar-refractivity contribution in [3.8, 4) is 0 Å². The predicted octanol–water partition coefficient (Wildman–Crippen LogP) is 3.82. The van der Waals surface area contributed by atoms with E-state index in [2.05, 4.69) is 26.9 Å². The number of hydrogen-bond acceptors (Lipinski definition) is 5. The predicted molar refractivity (Wildman–Crippen MR) is 95.4 cm³/mol. The van der Waals surface area contributed by atoms with Crippen molar-refractivity contribution in [3.63, 3.8) is 0 Å². The summed E-state index contributed by atoms with van der Waals surface area (Å²) in [5.74, 6) is 1.49. The second-order valence-electron chi connectivity index (χ2n) is 6.14. The Kier molecular flexibility index (Phi) is 5.76. The van der Waals surface area contributed by atoms with Gasteiger partial charge in [-0.25, -0.2) is 0 Å². The standard InChI is InChI=1S/C17H22Cl2N4O/c1-3-16-20-17(24-21-16)12(2)23-8-6-22(7-9-23)11-13-4-5-14(18)15(19)10-13/h4-5,10,12H,3,6-9,11H2,1-2H3. The third kappa shape index (κ3) is 4.09. The summed E-state index contributed by atoms with van der Waals surface area (Å²) >= 11 is 12.1. The summed E-state index contributed by atoms with van der Waals surface area (Å²) < 4.78 is 5.37. The molecule has 0 aliphatic carbocycles. The molecule has 5 nitrogen and oxygen atoms in total. The molecule has 1 fully saturated rings. The van der Waals surface area contributed by atoms with Crippen molar-refractivity contribution in [2.45, 2.75) is 32.9 Å². The Morgan fingerprint density at radius 1 is 1.17 bits per heavy atom. The molecular weight excluding hydrogens is 347 g/mol. The Morgan fingerprint density at radius 3 is 2.54 bits per heavy atom. The van der Waals surface area contributed by atoms with Gasteiger partial charge in [-0.3, -0.25) is 9.80 Å². The number of aryl methyl sites for hydroxylation is 1. The van der Waals surface area contributed by atoms with Crippen LogP contribution in [0.25, 0.3) is 0 Å². The molecule has 0 N–H and O–H groups in total. The van der Waals surface area contributed by atoms with Gasteiger partial charge in [-0.05, 0) is 24.6 Å². The zero-order chi connectivity index (χ0) is 17.1. The molecular formula is C17H22Cl2N4O. The third-order valence-corrected chi connectivity index (χ3v) is 5.24. The molecule has 1 aromatic carbocycles. The first-order chi connectivity index (χ1) is 11.6. The van der Waals surface area contributed by atoms with E-state index in [0.717, 1.165) is 45.0 Å². The van der Waals surface area contributed by atoms with Crippen LogP contribution in [0, 0.1) is 0 Å². The first kappa shape index (κ1) is 17.7. The van der Waals surface area contributed by atoms with Gasteiger partial charge in [0.2, 0.25) is 5.89 Å². The molecule has 1 aromatic heterocycles. The molecule has 2 heterocycles. The van der Waals surface area contributed by atoms with Gasteiger partial charge in [-0.1, -0.05) is 41.3 Å². The van der Waals surface area contributed by atoms with Gasteiger partial charge < -0.3 is 4.52 Å². The van der Waals surface area contributed by atoms with E-state index in [1.165, 1.54) is 5.56 Å². The zero-order valence-electron chi connectivity index (χ0n) is 14.0. The Morgan fingerprint density at radius 2 is 1.92 bits per heavy atom. The molecule has 1 atom stereocenters. The molecule has 0 saturated carbocycles. The van der Waals surface area contributed by atoms with Crippen LogP contribution >= 0.6 is 23.2 Å². The van der Waals surface area contributed by atoms with Gasteiger partial charge in [0.25, 0.3) is 0 Å². The molecule has 1 aliphatic rings. The van der Waals surface area contributed by atoms with Crippen LogP contribution in [0.1, 0.15) is 37.2 Å². The Balaban J connectivity index is 1.54. The van der Waals surface area contributed by atoms with Gasteiger partial charge in [0.15, 0.2) is 5.82 Å². The molecule has 130 valence electrons. The van der Waals surface area contributed by atoms with Crippen molar-refractivity contribution in [1.82, 2.24) is 19.9 Å². The average Bonchev–Trinajstić information content (AvgIpc) is 3.07. The van der Waals surface area contributed by atoms with E-state index in [1.807, 2.05) is 25.1 Å². The van der Waals surface area contributed by atoms with E-state index < -0.39 is 0 Å². The number of aromatic nitrogens is 2. The molecule has 0 amide bonds. The number of hydrogen-bond donors (Lipinski definition) is 0. The minimum atomic E-state index is 0.157. The molecule has 1 unspecified atom stereocenters. The van der Waals surface area contributed by atoms with Crippen LogP contribution in [0.4, 0.5) is 0 Å². The van der Waals surface area contributed by atoms with Crippen LogP contribution in [0.2, 0.25) is 10.0 Å². The molecule has 24 heavy (non-hydrogen) atoms. The zero-order valence-corrected chi connectivity index (χ0v) is 15.5. The van der Waals surface area contributed by atoms with E-state index in [-0.39, 0.29) is 6.04 Å². The first-order valence-electron chi connectivity index (χ1n) is 8.29. The second kappa shape index (κ2) is 7.83. The smallest absolute Gasteiger partial charge is 0.243 e. The van der Waals surface area contributed by atoms with Crippen molar-refractivity contribution in [1.29, 1.82) is 0 Å². The lowest BCUT2D eigenvalue weighted by atomic mass is 10.1. The minimum Gasteiger partial charge on any atom is -0.338 e. The van der Waals surface area contributed by atoms with Crippen molar-refractivity contribution in [2.75, 3.05) is 26.2 Å². The van der Waals surface area contributed by atoms with Crippen molar-refractivity contribution >= 4 is 23.2 Å². The van der Waals surface area contributed by atoms with Gasteiger partial charge in [0.1, 0.15) is 0 Å². The largest absolute Gasteiger partial charge is 0.338 e. The molecule has 0 radical (unpaired) electrons. The normalized spacial score (nSPS) is 18.0. The average molecular weight is 369 g/mol. The second-order valence-corrected chi connectivity index (χ2v) is 6.95. The Hall–Kier alpha value is -1.14. The van der Waals surface area contributed by atoms with E-state index in [4.69, 9.17) is 27.7 Å². The van der Waals surface area contributed by atoms with Crippen LogP contribution in [-0.4, -0.2) is 46.1 Å². The number of halogens is 2. The van der Waals surface area contributed by atoms with Crippen LogP contribution < -0.4 is 0 Å². The number of piperazine rings is 1. The molecule has 0 spiro atoms. The molecule has 7 heteroatoms. The Labute approximate surface area is 152 Å². The summed E-state index contributed by atoms with van der Waals surface area (Å²) in [6.07, 6.45) is 0.799. The number of nitrogens with zero attached hydrogens (tertiary/aromatic N) is 4. The first-order valence-corrected chi connectivity index (χ1v) is 9.05. The highest BCUT2D eigenvalue weighted by atomic mass is 35.5. The summed E-state index contributed by atoms with van der Waals surface area (Å²) in [5, 5.41) is 5.21. The third-order valence-electron chi connectivity index (χ3n) is 4.50. The topological polar surface area (TPSA) is 45.4 Å². The van der Waals surface area contributed by atoms with Crippen LogP contribution in [0.5, 0.6) is 0 Å². The van der Waals surface area contributed by atoms with Crippen LogP contribution in [0.3, 0.4) is 0 Å². The molecule has 2 aromatic rings. The van der Waals surface area contributed by atoms with E-state index in [1.54, 1.807) is 0 Å². The highest BCUT2D eigenvalue weighted by Crippen LogP contribution is 2.24. The molecule has 1 aliphatic heterocycles. The lowest BCUT2D eigenvalue weighted by molar-refractivity contribution is 0.0845. The fourth-order valence-electron chi connectivity index (χ4n) is 2.94. The summed E-state index contributed by atoms with van der Waals surface area (Å²) in [5.41, 5.74) is 1.19. The lowest BCUT2D eigenvalue weighted by Crippen LogP contribution is -2.46. The van der Waals surface area contributed by atoms with Crippen molar-refractivity contribution in [3.05, 3.63) is 45.5 Å². The van der Waals surface area contributed by atoms with E-state index in [0.29, 0.717) is 15.9 Å². The van der Waals surface area contributed by atoms with Gasteiger partial charge in [0.05, 0.1) is 16.1 Å². The van der Waals surface area contributed by atoms with Gasteiger partial charge in [0, 0.05) is 39.1 Å². The van der Waals surface area contributed by atoms with E-state index >= 15 is 0 Å². The maximum Gasteiger partial charge on any atom is 0.243 e. The summed E-state index contributed by atoms with van der Waals surface area (Å²) in [6.45, 7) is 9.00. The van der Waals surface area contributed by atoms with Crippen molar-refractivity contribution < 1.29 is 4.52 Å². The lowest BCUT2D eigenvalue weighted by Gasteiger charge is -2.36. The highest BCUT2D eigenvalue weighted by molar-refractivity contribution is 6.42. The van der Waals surface area contributed by atoms with Gasteiger partial charge in [-0.15, -0.1) is 0 Å². The summed E-state index contributed by atoms with van der Waals surface area (Å²) in [6, 6.07) is 6.00. The molecule has 0 bridgehead atoms. The fraction of sp³-hybridized carbons (Fsp3) is 0.529. The maximum absolute atomic E-state index is 6.10. The van der Waals surface area contributed by atoms with Crippen LogP contribution in [-0.2, 0) is 13.0 Å². The fourth-order valence-corrected chi connectivity index (χ4v) is 3.26.